The molecule has 2 fully saturated rings. The lowest BCUT2D eigenvalue weighted by atomic mass is 10.2. The van der Waals surface area contributed by atoms with Crippen LogP contribution in [0.2, 0.25) is 0 Å². The smallest absolute Gasteiger partial charge is 0.231 e. The van der Waals surface area contributed by atoms with Gasteiger partial charge in [-0.2, -0.15) is 15.0 Å². The number of hydrogen-bond donors (Lipinski definition) is 2. The molecule has 1 aromatic heterocycles. The Balaban J connectivity index is 1.75. The van der Waals surface area contributed by atoms with Crippen LogP contribution in [0, 0.1) is 0 Å². The van der Waals surface area contributed by atoms with Crippen LogP contribution in [0.3, 0.4) is 0 Å². The van der Waals surface area contributed by atoms with E-state index >= 15 is 0 Å². The van der Waals surface area contributed by atoms with Crippen molar-refractivity contribution < 1.29 is 8.42 Å². The minimum atomic E-state index is -2.96. The highest BCUT2D eigenvalue weighted by Crippen LogP contribution is 2.20. The van der Waals surface area contributed by atoms with Crippen molar-refractivity contribution in [3.63, 3.8) is 0 Å². The molecule has 3 N–H and O–H groups in total. The molecular weight excluding hydrogens is 292 g/mol. The number of aromatic nitrogens is 3. The third-order valence-corrected chi connectivity index (χ3v) is 5.65. The zero-order valence-electron chi connectivity index (χ0n) is 11.8. The van der Waals surface area contributed by atoms with E-state index in [1.54, 1.807) is 0 Å². The van der Waals surface area contributed by atoms with Crippen LogP contribution in [0.15, 0.2) is 0 Å². The number of rotatable bonds is 3. The summed E-state index contributed by atoms with van der Waals surface area (Å²) in [6, 6.07) is -0.156. The van der Waals surface area contributed by atoms with Gasteiger partial charge in [-0.25, -0.2) is 8.42 Å². The Labute approximate surface area is 124 Å². The number of sulfone groups is 1. The standard InChI is InChI=1S/C12H20N6O2S/c13-10-15-11(14-9-4-3-7-21(19,20)8-9)17-12(16-10)18-5-1-2-6-18/h9H,1-8H2,(H3,13,14,15,16,17). The summed E-state index contributed by atoms with van der Waals surface area (Å²) in [5.41, 5.74) is 5.74. The maximum absolute atomic E-state index is 11.7. The summed E-state index contributed by atoms with van der Waals surface area (Å²) in [6.07, 6.45) is 3.70. The normalized spacial score (nSPS) is 25.0. The summed E-state index contributed by atoms with van der Waals surface area (Å²) in [7, 11) is -2.96. The first-order chi connectivity index (χ1) is 10.0. The summed E-state index contributed by atoms with van der Waals surface area (Å²) in [6.45, 7) is 1.83. The number of hydrogen-bond acceptors (Lipinski definition) is 8. The lowest BCUT2D eigenvalue weighted by molar-refractivity contribution is 0.561. The molecule has 0 radical (unpaired) electrons. The van der Waals surface area contributed by atoms with Gasteiger partial charge in [0.2, 0.25) is 17.8 Å². The van der Waals surface area contributed by atoms with Crippen LogP contribution in [0.5, 0.6) is 0 Å². The zero-order valence-corrected chi connectivity index (χ0v) is 12.6. The van der Waals surface area contributed by atoms with Crippen molar-refractivity contribution in [2.45, 2.75) is 31.7 Å². The Kier molecular flexibility index (Phi) is 3.83. The summed E-state index contributed by atoms with van der Waals surface area (Å²) in [5.74, 6) is 1.49. The summed E-state index contributed by atoms with van der Waals surface area (Å²) in [4.78, 5) is 14.7. The lowest BCUT2D eigenvalue weighted by Crippen LogP contribution is -2.35. The number of nitrogens with two attached hydrogens (primary N) is 1. The van der Waals surface area contributed by atoms with E-state index in [-0.39, 0.29) is 23.5 Å². The maximum atomic E-state index is 11.7. The topological polar surface area (TPSA) is 114 Å². The van der Waals surface area contributed by atoms with Crippen LogP contribution in [-0.2, 0) is 9.84 Å². The van der Waals surface area contributed by atoms with Gasteiger partial charge in [-0.3, -0.25) is 0 Å². The van der Waals surface area contributed by atoms with Gasteiger partial charge in [0.1, 0.15) is 0 Å². The highest BCUT2D eigenvalue weighted by molar-refractivity contribution is 7.91. The van der Waals surface area contributed by atoms with E-state index in [2.05, 4.69) is 25.2 Å². The second kappa shape index (κ2) is 5.63. The van der Waals surface area contributed by atoms with Gasteiger partial charge in [0.05, 0.1) is 11.5 Å². The van der Waals surface area contributed by atoms with E-state index in [1.807, 2.05) is 0 Å². The van der Waals surface area contributed by atoms with Crippen molar-refractivity contribution in [3.05, 3.63) is 0 Å². The Morgan fingerprint density at radius 2 is 1.90 bits per heavy atom. The second-order valence-corrected chi connectivity index (χ2v) is 7.84. The number of nitrogens with one attached hydrogen (secondary N) is 1. The molecule has 0 aliphatic carbocycles. The zero-order chi connectivity index (χ0) is 14.9. The quantitative estimate of drug-likeness (QED) is 0.804. The Morgan fingerprint density at radius 3 is 2.62 bits per heavy atom. The minimum absolute atomic E-state index is 0.123. The average Bonchev–Trinajstić information content (AvgIpc) is 2.90. The molecule has 8 nitrogen and oxygen atoms in total. The fraction of sp³-hybridized carbons (Fsp3) is 0.750. The van der Waals surface area contributed by atoms with Gasteiger partial charge in [-0.05, 0) is 25.7 Å². The third-order valence-electron chi connectivity index (χ3n) is 3.83. The van der Waals surface area contributed by atoms with E-state index < -0.39 is 9.84 Å². The van der Waals surface area contributed by atoms with Crippen molar-refractivity contribution in [1.29, 1.82) is 0 Å². The molecule has 2 aliphatic rings. The second-order valence-electron chi connectivity index (χ2n) is 5.61. The predicted molar refractivity (Wildman–Crippen MR) is 81.0 cm³/mol. The number of nitrogen functional groups attached to an aromatic ring is 1. The van der Waals surface area contributed by atoms with Crippen LogP contribution in [0.1, 0.15) is 25.7 Å². The van der Waals surface area contributed by atoms with Gasteiger partial charge >= 0.3 is 0 Å². The van der Waals surface area contributed by atoms with Crippen LogP contribution in [0.25, 0.3) is 0 Å². The maximum Gasteiger partial charge on any atom is 0.231 e. The van der Waals surface area contributed by atoms with E-state index in [0.717, 1.165) is 32.4 Å². The van der Waals surface area contributed by atoms with E-state index in [4.69, 9.17) is 5.73 Å². The fourth-order valence-corrected chi connectivity index (χ4v) is 4.46. The molecule has 21 heavy (non-hydrogen) atoms. The number of nitrogens with zero attached hydrogens (tertiary/aromatic N) is 4. The molecule has 0 spiro atoms. The van der Waals surface area contributed by atoms with Crippen molar-refractivity contribution in [2.24, 2.45) is 0 Å². The monoisotopic (exact) mass is 312 g/mol. The first kappa shape index (κ1) is 14.3. The summed E-state index contributed by atoms with van der Waals surface area (Å²) in [5, 5.41) is 3.09. The van der Waals surface area contributed by atoms with Gasteiger partial charge in [-0.15, -0.1) is 0 Å². The molecule has 116 valence electrons. The summed E-state index contributed by atoms with van der Waals surface area (Å²) >= 11 is 0. The average molecular weight is 312 g/mol. The van der Waals surface area contributed by atoms with Gasteiger partial charge in [-0.1, -0.05) is 0 Å². The molecule has 2 aliphatic heterocycles. The van der Waals surface area contributed by atoms with Crippen LogP contribution >= 0.6 is 0 Å². The molecule has 0 aromatic carbocycles. The van der Waals surface area contributed by atoms with Crippen molar-refractivity contribution in [1.82, 2.24) is 15.0 Å². The molecule has 1 aromatic rings. The minimum Gasteiger partial charge on any atom is -0.368 e. The molecule has 0 amide bonds. The van der Waals surface area contributed by atoms with Gasteiger partial charge in [0.25, 0.3) is 0 Å². The molecule has 9 heteroatoms. The van der Waals surface area contributed by atoms with E-state index in [0.29, 0.717) is 18.3 Å². The molecule has 1 unspecified atom stereocenters. The Hall–Kier alpha value is -1.64. The van der Waals surface area contributed by atoms with Crippen LogP contribution in [0.4, 0.5) is 17.8 Å². The van der Waals surface area contributed by atoms with E-state index in [1.165, 1.54) is 0 Å². The van der Waals surface area contributed by atoms with Crippen molar-refractivity contribution >= 4 is 27.7 Å². The predicted octanol–water partition coefficient (Wildman–Crippen LogP) is 0.0431. The van der Waals surface area contributed by atoms with Crippen LogP contribution in [-0.4, -0.2) is 54.0 Å². The van der Waals surface area contributed by atoms with E-state index in [9.17, 15) is 8.42 Å². The summed E-state index contributed by atoms with van der Waals surface area (Å²) < 4.78 is 23.3. The lowest BCUT2D eigenvalue weighted by Gasteiger charge is -2.23. The molecule has 2 saturated heterocycles. The SMILES string of the molecule is Nc1nc(NC2CCCS(=O)(=O)C2)nc(N2CCCC2)n1. The number of anilines is 3. The highest BCUT2D eigenvalue weighted by atomic mass is 32.2. The molecule has 0 bridgehead atoms. The third kappa shape index (κ3) is 3.52. The first-order valence-corrected chi connectivity index (χ1v) is 9.07. The van der Waals surface area contributed by atoms with Gasteiger partial charge in [0, 0.05) is 19.1 Å². The first-order valence-electron chi connectivity index (χ1n) is 7.25. The Morgan fingerprint density at radius 1 is 1.14 bits per heavy atom. The fourth-order valence-electron chi connectivity index (χ4n) is 2.82. The highest BCUT2D eigenvalue weighted by Gasteiger charge is 2.26. The Bertz CT molecular complexity index is 614. The molecule has 3 rings (SSSR count). The van der Waals surface area contributed by atoms with Gasteiger partial charge in [0.15, 0.2) is 9.84 Å². The van der Waals surface area contributed by atoms with Crippen molar-refractivity contribution in [3.8, 4) is 0 Å². The largest absolute Gasteiger partial charge is 0.368 e. The molecule has 3 heterocycles. The molecule has 1 atom stereocenters. The molecular formula is C12H20N6O2S. The van der Waals surface area contributed by atoms with Crippen LogP contribution < -0.4 is 16.0 Å². The molecule has 0 saturated carbocycles. The van der Waals surface area contributed by atoms with Gasteiger partial charge < -0.3 is 16.0 Å². The van der Waals surface area contributed by atoms with Crippen molar-refractivity contribution in [2.75, 3.05) is 40.5 Å².